The van der Waals surface area contributed by atoms with Gasteiger partial charge in [0.25, 0.3) is 5.91 Å². The van der Waals surface area contributed by atoms with Crippen molar-refractivity contribution in [2.45, 2.75) is 169 Å². The monoisotopic (exact) mass is 983 g/mol. The molecule has 5 saturated carbocycles. The van der Waals surface area contributed by atoms with E-state index in [-0.39, 0.29) is 83.2 Å². The largest absolute Gasteiger partial charge is 0.481 e. The maximum absolute atomic E-state index is 14.9. The number of hydrogen-bond acceptors (Lipinski definition) is 11. The first-order chi connectivity index (χ1) is 32.6. The highest BCUT2D eigenvalue weighted by Crippen LogP contribution is 2.76. The van der Waals surface area contributed by atoms with Crippen molar-refractivity contribution in [2.24, 2.45) is 62.6 Å². The Morgan fingerprint density at radius 2 is 1.50 bits per heavy atom. The summed E-state index contributed by atoms with van der Waals surface area (Å²) in [5, 5.41) is 25.4. The third-order valence-corrected chi connectivity index (χ3v) is 20.4. The van der Waals surface area contributed by atoms with Crippen LogP contribution in [-0.4, -0.2) is 100.0 Å². The fourth-order valence-electron chi connectivity index (χ4n) is 16.1. The van der Waals surface area contributed by atoms with Crippen LogP contribution in [0, 0.1) is 62.6 Å². The molecule has 18 heteroatoms. The molecule has 8 aliphatic rings. The second-order valence-electron chi connectivity index (χ2n) is 24.8. The van der Waals surface area contributed by atoms with Crippen LogP contribution in [0.3, 0.4) is 0 Å². The summed E-state index contributed by atoms with van der Waals surface area (Å²) < 4.78 is 54.3. The van der Waals surface area contributed by atoms with E-state index in [1.165, 1.54) is 0 Å². The summed E-state index contributed by atoms with van der Waals surface area (Å²) in [5.74, 6) is -3.48. The van der Waals surface area contributed by atoms with E-state index in [0.717, 1.165) is 49.7 Å². The molecule has 0 aromatic carbocycles. The summed E-state index contributed by atoms with van der Waals surface area (Å²) >= 11 is 0. The molecule has 0 bridgehead atoms. The van der Waals surface area contributed by atoms with Gasteiger partial charge in [0.2, 0.25) is 5.91 Å². The minimum absolute atomic E-state index is 0.0171. The number of aliphatic carboxylic acids is 1. The highest BCUT2D eigenvalue weighted by Gasteiger charge is 2.71. The summed E-state index contributed by atoms with van der Waals surface area (Å²) in [5.41, 5.74) is -4.61. The second-order valence-corrected chi connectivity index (χ2v) is 24.8. The lowest BCUT2D eigenvalue weighted by molar-refractivity contribution is -0.235. The fraction of sp³-hybridized carbons (Fsp3) is 0.788. The maximum Gasteiger partial charge on any atom is 0.435 e. The van der Waals surface area contributed by atoms with E-state index in [4.69, 9.17) is 9.47 Å². The van der Waals surface area contributed by atoms with Gasteiger partial charge >= 0.3 is 24.2 Å². The quantitative estimate of drug-likeness (QED) is 0.156. The van der Waals surface area contributed by atoms with Gasteiger partial charge in [0.1, 0.15) is 23.4 Å². The van der Waals surface area contributed by atoms with Gasteiger partial charge in [0, 0.05) is 31.0 Å². The molecule has 3 heterocycles. The minimum atomic E-state index is -4.98. The number of aromatic nitrogens is 2. The zero-order valence-corrected chi connectivity index (χ0v) is 42.3. The average molecular weight is 983 g/mol. The van der Waals surface area contributed by atoms with Crippen molar-refractivity contribution in [1.29, 1.82) is 0 Å². The Morgan fingerprint density at radius 3 is 2.10 bits per heavy atom. The van der Waals surface area contributed by atoms with E-state index in [0.29, 0.717) is 55.4 Å². The molecule has 2 amide bonds. The van der Waals surface area contributed by atoms with Crippen LogP contribution in [0.15, 0.2) is 17.2 Å². The molecule has 70 heavy (non-hydrogen) atoms. The molecule has 6 aliphatic carbocycles. The van der Waals surface area contributed by atoms with Crippen LogP contribution < -0.4 is 21.3 Å². The van der Waals surface area contributed by atoms with Crippen molar-refractivity contribution < 1.29 is 56.5 Å². The van der Waals surface area contributed by atoms with Gasteiger partial charge < -0.3 is 35.8 Å². The number of carbonyl (C=O) groups is 6. The van der Waals surface area contributed by atoms with E-state index >= 15 is 0 Å². The average Bonchev–Trinajstić information content (AvgIpc) is 3.84. The molecule has 0 radical (unpaired) electrons. The Labute approximate surface area is 408 Å². The minimum Gasteiger partial charge on any atom is -0.481 e. The number of carbonyl (C=O) groups excluding carboxylic acids is 5. The predicted molar refractivity (Wildman–Crippen MR) is 249 cm³/mol. The van der Waals surface area contributed by atoms with Crippen molar-refractivity contribution in [3.63, 3.8) is 0 Å². The topological polar surface area (TPSA) is 207 Å². The van der Waals surface area contributed by atoms with E-state index in [1.807, 2.05) is 27.7 Å². The summed E-state index contributed by atoms with van der Waals surface area (Å²) in [4.78, 5) is 82.3. The van der Waals surface area contributed by atoms with Crippen LogP contribution in [0.1, 0.15) is 156 Å². The molecule has 1 aromatic heterocycles. The Bertz CT molecular complexity index is 2400. The molecule has 9 rings (SSSR count). The molecular weight excluding hydrogens is 910 g/mol. The number of hydrogen-bond donors (Lipinski definition) is 5. The Morgan fingerprint density at radius 1 is 0.814 bits per heavy atom. The van der Waals surface area contributed by atoms with E-state index in [1.54, 1.807) is 0 Å². The number of alkyl halides is 3. The summed E-state index contributed by atoms with van der Waals surface area (Å²) in [6.07, 6.45) is 0.515. The normalized spacial score (nSPS) is 37.4. The van der Waals surface area contributed by atoms with Crippen molar-refractivity contribution in [3.8, 4) is 0 Å². The van der Waals surface area contributed by atoms with Crippen molar-refractivity contribution in [1.82, 2.24) is 31.0 Å². The number of carboxylic acids is 1. The zero-order valence-electron chi connectivity index (χ0n) is 42.3. The number of esters is 1. The highest BCUT2D eigenvalue weighted by atomic mass is 19.4. The number of rotatable bonds is 9. The number of amides is 2. The van der Waals surface area contributed by atoms with Crippen LogP contribution in [0.5, 0.6) is 0 Å². The van der Waals surface area contributed by atoms with E-state index < -0.39 is 75.9 Å². The van der Waals surface area contributed by atoms with Crippen LogP contribution in [0.4, 0.5) is 18.0 Å². The molecule has 10 atom stereocenters. The number of ketones is 1. The molecule has 7 fully saturated rings. The first-order valence-electron chi connectivity index (χ1n) is 25.7. The number of Topliss-reactive ketones (excluding diaryl/α,β-unsaturated/α-hetero) is 1. The van der Waals surface area contributed by atoms with Crippen molar-refractivity contribution >= 4 is 35.6 Å². The number of ether oxygens (including phenoxy) is 2. The van der Waals surface area contributed by atoms with E-state index in [2.05, 4.69) is 61.0 Å². The summed E-state index contributed by atoms with van der Waals surface area (Å²) in [7, 11) is 0. The third kappa shape index (κ3) is 7.58. The molecule has 15 nitrogen and oxygen atoms in total. The Kier molecular flexibility index (Phi) is 12.2. The summed E-state index contributed by atoms with van der Waals surface area (Å²) in [6.45, 7) is 20.5. The van der Waals surface area contributed by atoms with Gasteiger partial charge in [0.15, 0.2) is 11.5 Å². The lowest BCUT2D eigenvalue weighted by Crippen LogP contribution is -2.77. The maximum atomic E-state index is 14.9. The molecule has 386 valence electrons. The van der Waals surface area contributed by atoms with Gasteiger partial charge in [-0.25, -0.2) is 4.79 Å². The lowest BCUT2D eigenvalue weighted by atomic mass is 9.33. The van der Waals surface area contributed by atoms with Crippen LogP contribution in [0.25, 0.3) is 0 Å². The predicted octanol–water partition coefficient (Wildman–Crippen LogP) is 7.22. The zero-order chi connectivity index (χ0) is 50.9. The van der Waals surface area contributed by atoms with Crippen molar-refractivity contribution in [3.05, 3.63) is 28.6 Å². The summed E-state index contributed by atoms with van der Waals surface area (Å²) in [6, 6.07) is 0.491. The number of nitrogens with zero attached hydrogens (tertiary/aromatic N) is 2. The standard InChI is InChI=1S/C52H73F3N6O9/c1-27(2)38-33(62)24-50(59-43(67)51(25-57-26-51)58-40(63)32-23-36(52(53,54)55)60-61(32)44(68)69-28-14-20-56-21-15-28)19-18-48(8)29(39(38)50)10-11-35-47(7)16-13-37(46(5,6)34(47)12-17-49(35,48)9)70-42(66)31-22-30(41(64)65)45(31,3)4/h23,27-31,34-35,37,56-57H,10-22,24-26H2,1-9H3,(H,58,63)(H,59,67)(H,64,65)/t29-,30+,31-,34+,35-,37+,47+,48-,49-,50-/m1/s1. The molecular formula is C52H73F3N6O9. The number of carboxylic acid groups (broad SMARTS) is 1. The van der Waals surface area contributed by atoms with Crippen LogP contribution in [-0.2, 0) is 34.8 Å². The number of allylic oxidation sites excluding steroid dienone is 1. The smallest absolute Gasteiger partial charge is 0.435 e. The lowest BCUT2D eigenvalue weighted by Gasteiger charge is -2.72. The van der Waals surface area contributed by atoms with Gasteiger partial charge in [-0.1, -0.05) is 62.3 Å². The fourth-order valence-corrected chi connectivity index (χ4v) is 16.1. The molecule has 0 spiro atoms. The van der Waals surface area contributed by atoms with Gasteiger partial charge in [-0.15, -0.1) is 0 Å². The molecule has 1 aromatic rings. The van der Waals surface area contributed by atoms with Gasteiger partial charge in [-0.05, 0) is 140 Å². The number of nitrogens with one attached hydrogen (secondary N) is 4. The van der Waals surface area contributed by atoms with E-state index in [9.17, 15) is 47.0 Å². The molecule has 0 unspecified atom stereocenters. The van der Waals surface area contributed by atoms with Crippen molar-refractivity contribution in [2.75, 3.05) is 26.2 Å². The van der Waals surface area contributed by atoms with Crippen LogP contribution >= 0.6 is 0 Å². The molecule has 2 aliphatic heterocycles. The number of fused-ring (bicyclic) bond motifs is 7. The molecule has 2 saturated heterocycles. The number of piperidine rings is 1. The first kappa shape index (κ1) is 50.6. The number of halogens is 3. The third-order valence-electron chi connectivity index (χ3n) is 20.4. The van der Waals surface area contributed by atoms with Gasteiger partial charge in [-0.2, -0.15) is 23.0 Å². The second kappa shape index (κ2) is 16.9. The SMILES string of the molecule is CC(C)C1=C2[C@H]3CC[C@@H]4[C@@]5(C)CC[C@H](OC(=O)[C@H]6C[C@@H](C(=O)O)C6(C)C)C(C)(C)[C@@H]5CC[C@@]4(C)[C@]3(C)CC[C@@]2(NC(=O)C2(NC(=O)c3cc(C(F)(F)F)nn3C(=O)OC3CCNCC3)CNC2)CC1=O. The van der Waals surface area contributed by atoms with Gasteiger partial charge in [0.05, 0.1) is 17.4 Å². The first-order valence-corrected chi connectivity index (χ1v) is 25.7. The molecule has 5 N–H and O–H groups in total. The Hall–Kier alpha value is -4.32. The van der Waals surface area contributed by atoms with Crippen LogP contribution in [0.2, 0.25) is 0 Å². The van der Waals surface area contributed by atoms with Gasteiger partial charge in [-0.3, -0.25) is 24.0 Å². The highest BCUT2D eigenvalue weighted by molar-refractivity contribution is 6.04. The Balaban J connectivity index is 0.956.